The highest BCUT2D eigenvalue weighted by molar-refractivity contribution is 6.23. The van der Waals surface area contributed by atoms with Crippen molar-refractivity contribution in [2.75, 3.05) is 7.11 Å². The number of aromatic nitrogens is 3. The van der Waals surface area contributed by atoms with Crippen molar-refractivity contribution in [3.63, 3.8) is 0 Å². The van der Waals surface area contributed by atoms with E-state index in [-0.39, 0.29) is 5.78 Å². The van der Waals surface area contributed by atoms with E-state index in [1.165, 1.54) is 0 Å². The van der Waals surface area contributed by atoms with Crippen molar-refractivity contribution in [3.05, 3.63) is 47.9 Å². The molecule has 1 aliphatic rings. The summed E-state index contributed by atoms with van der Waals surface area (Å²) in [5.74, 6) is 0.337. The van der Waals surface area contributed by atoms with Crippen molar-refractivity contribution in [1.82, 2.24) is 15.0 Å². The molecule has 20 heavy (non-hydrogen) atoms. The van der Waals surface area contributed by atoms with Crippen LogP contribution in [0.15, 0.2) is 36.7 Å². The molecule has 0 radical (unpaired) electrons. The van der Waals surface area contributed by atoms with E-state index in [1.807, 2.05) is 12.1 Å². The highest BCUT2D eigenvalue weighted by Gasteiger charge is 2.28. The van der Waals surface area contributed by atoms with Crippen LogP contribution in [0.5, 0.6) is 5.88 Å². The normalized spacial score (nSPS) is 12.3. The third-order valence-corrected chi connectivity index (χ3v) is 3.44. The van der Waals surface area contributed by atoms with Gasteiger partial charge in [-0.15, -0.1) is 0 Å². The van der Waals surface area contributed by atoms with Gasteiger partial charge in [-0.2, -0.15) is 0 Å². The van der Waals surface area contributed by atoms with Crippen LogP contribution in [0.2, 0.25) is 0 Å². The fraction of sp³-hybridized carbons (Fsp3) is 0.0667. The third kappa shape index (κ3) is 1.31. The Morgan fingerprint density at radius 2 is 1.70 bits per heavy atom. The van der Waals surface area contributed by atoms with E-state index in [2.05, 4.69) is 15.0 Å². The summed E-state index contributed by atoms with van der Waals surface area (Å²) >= 11 is 0. The number of ketones is 1. The minimum atomic E-state index is -0.124. The molecule has 5 nitrogen and oxygen atoms in total. The van der Waals surface area contributed by atoms with Crippen molar-refractivity contribution < 1.29 is 9.53 Å². The van der Waals surface area contributed by atoms with Gasteiger partial charge in [0.15, 0.2) is 0 Å². The summed E-state index contributed by atoms with van der Waals surface area (Å²) < 4.78 is 5.13. The molecular weight excluding hydrogens is 254 g/mol. The van der Waals surface area contributed by atoms with Gasteiger partial charge in [0.05, 0.1) is 18.4 Å². The number of carbonyl (C=O) groups is 1. The van der Waals surface area contributed by atoms with E-state index in [1.54, 1.807) is 31.6 Å². The highest BCUT2D eigenvalue weighted by atomic mass is 16.5. The monoisotopic (exact) mass is 263 g/mol. The summed E-state index contributed by atoms with van der Waals surface area (Å²) in [6.07, 6.45) is 3.35. The Morgan fingerprint density at radius 1 is 0.950 bits per heavy atom. The van der Waals surface area contributed by atoms with Crippen LogP contribution in [-0.4, -0.2) is 27.8 Å². The van der Waals surface area contributed by atoms with Crippen molar-refractivity contribution in [3.8, 4) is 17.3 Å². The molecule has 1 aliphatic carbocycles. The van der Waals surface area contributed by atoms with Gasteiger partial charge >= 0.3 is 0 Å². The number of hydrogen-bond acceptors (Lipinski definition) is 5. The van der Waals surface area contributed by atoms with Crippen LogP contribution in [0, 0.1) is 0 Å². The fourth-order valence-electron chi connectivity index (χ4n) is 2.52. The molecule has 0 aliphatic heterocycles. The number of hydrogen-bond donors (Lipinski definition) is 0. The minimum Gasteiger partial charge on any atom is -0.481 e. The summed E-state index contributed by atoms with van der Waals surface area (Å²) in [6.45, 7) is 0. The van der Waals surface area contributed by atoms with Crippen LogP contribution in [-0.2, 0) is 0 Å². The molecule has 0 amide bonds. The van der Waals surface area contributed by atoms with E-state index < -0.39 is 0 Å². The average molecular weight is 263 g/mol. The van der Waals surface area contributed by atoms with Crippen molar-refractivity contribution in [1.29, 1.82) is 0 Å². The van der Waals surface area contributed by atoms with Crippen molar-refractivity contribution >= 4 is 16.6 Å². The molecule has 5 heteroatoms. The van der Waals surface area contributed by atoms with Gasteiger partial charge in [0, 0.05) is 23.8 Å². The summed E-state index contributed by atoms with van der Waals surface area (Å²) in [5, 5.41) is 1.69. The van der Waals surface area contributed by atoms with E-state index in [4.69, 9.17) is 4.74 Å². The Hall–Kier alpha value is -2.82. The Labute approximate surface area is 114 Å². The lowest BCUT2D eigenvalue weighted by molar-refractivity contribution is 0.103. The molecule has 0 fully saturated rings. The predicted molar refractivity (Wildman–Crippen MR) is 72.8 cm³/mol. The maximum absolute atomic E-state index is 12.5. The van der Waals surface area contributed by atoms with E-state index in [9.17, 15) is 4.79 Å². The molecule has 3 aromatic rings. The van der Waals surface area contributed by atoms with Crippen LogP contribution < -0.4 is 4.74 Å². The molecule has 4 rings (SSSR count). The zero-order chi connectivity index (χ0) is 13.7. The summed E-state index contributed by atoms with van der Waals surface area (Å²) in [5.41, 5.74) is 2.18. The second-order valence-corrected chi connectivity index (χ2v) is 4.50. The lowest BCUT2D eigenvalue weighted by atomic mass is 9.92. The zero-order valence-corrected chi connectivity index (χ0v) is 10.6. The Bertz CT molecular complexity index is 869. The molecule has 0 atom stereocenters. The van der Waals surface area contributed by atoms with E-state index in [0.717, 1.165) is 10.8 Å². The molecule has 0 aromatic carbocycles. The lowest BCUT2D eigenvalue weighted by Crippen LogP contribution is -2.14. The molecule has 3 heterocycles. The average Bonchev–Trinajstić information content (AvgIpc) is 2.51. The standard InChI is InChI=1S/C15H9N3O2/c1-20-10-3-2-9-12(18-10)13-11-8(4-6-16-13)5-7-17-14(11)15(9)19/h2-7H,1H3. The van der Waals surface area contributed by atoms with Crippen molar-refractivity contribution in [2.24, 2.45) is 0 Å². The summed E-state index contributed by atoms with van der Waals surface area (Å²) in [6, 6.07) is 7.11. The molecule has 0 bridgehead atoms. The highest BCUT2D eigenvalue weighted by Crippen LogP contribution is 2.36. The second-order valence-electron chi connectivity index (χ2n) is 4.50. The Morgan fingerprint density at radius 3 is 2.45 bits per heavy atom. The minimum absolute atomic E-state index is 0.124. The second kappa shape index (κ2) is 3.84. The van der Waals surface area contributed by atoms with Crippen LogP contribution >= 0.6 is 0 Å². The van der Waals surface area contributed by atoms with E-state index in [0.29, 0.717) is 28.5 Å². The number of ether oxygens (including phenoxy) is 1. The predicted octanol–water partition coefficient (Wildman–Crippen LogP) is 2.24. The van der Waals surface area contributed by atoms with Gasteiger partial charge in [0.1, 0.15) is 11.4 Å². The van der Waals surface area contributed by atoms with E-state index >= 15 is 0 Å². The number of rotatable bonds is 1. The van der Waals surface area contributed by atoms with Crippen LogP contribution in [0.4, 0.5) is 0 Å². The first kappa shape index (κ1) is 11.0. The van der Waals surface area contributed by atoms with Gasteiger partial charge in [-0.25, -0.2) is 4.98 Å². The zero-order valence-electron chi connectivity index (χ0n) is 10.6. The molecule has 0 saturated heterocycles. The van der Waals surface area contributed by atoms with Crippen LogP contribution in [0.1, 0.15) is 16.1 Å². The first-order chi connectivity index (χ1) is 9.79. The maximum Gasteiger partial charge on any atom is 0.214 e. The summed E-state index contributed by atoms with van der Waals surface area (Å²) in [4.78, 5) is 25.5. The first-order valence-corrected chi connectivity index (χ1v) is 6.13. The van der Waals surface area contributed by atoms with Crippen LogP contribution in [0.3, 0.4) is 0 Å². The van der Waals surface area contributed by atoms with Gasteiger partial charge in [0.25, 0.3) is 0 Å². The Balaban J connectivity index is 2.18. The molecule has 0 N–H and O–H groups in total. The number of fused-ring (bicyclic) bond motifs is 2. The largest absolute Gasteiger partial charge is 0.481 e. The smallest absolute Gasteiger partial charge is 0.214 e. The maximum atomic E-state index is 12.5. The lowest BCUT2D eigenvalue weighted by Gasteiger charge is -2.17. The van der Waals surface area contributed by atoms with Gasteiger partial charge in [-0.05, 0) is 23.6 Å². The number of methoxy groups -OCH3 is 1. The number of nitrogens with zero attached hydrogens (tertiary/aromatic N) is 3. The van der Waals surface area contributed by atoms with Crippen molar-refractivity contribution in [2.45, 2.75) is 0 Å². The van der Waals surface area contributed by atoms with Gasteiger partial charge in [0.2, 0.25) is 11.7 Å². The third-order valence-electron chi connectivity index (χ3n) is 3.44. The molecule has 96 valence electrons. The van der Waals surface area contributed by atoms with Gasteiger partial charge in [-0.1, -0.05) is 0 Å². The molecular formula is C15H9N3O2. The molecule has 0 unspecified atom stereocenters. The molecule has 0 spiro atoms. The number of pyridine rings is 3. The van der Waals surface area contributed by atoms with Crippen LogP contribution in [0.25, 0.3) is 22.2 Å². The number of carbonyl (C=O) groups excluding carboxylic acids is 1. The molecule has 0 saturated carbocycles. The SMILES string of the molecule is COc1ccc2c(n1)-c1nccc3ccnc(c13)C2=O. The first-order valence-electron chi connectivity index (χ1n) is 6.13. The van der Waals surface area contributed by atoms with Gasteiger partial charge in [-0.3, -0.25) is 14.8 Å². The van der Waals surface area contributed by atoms with Gasteiger partial charge < -0.3 is 4.74 Å². The summed E-state index contributed by atoms with van der Waals surface area (Å²) in [7, 11) is 1.54. The molecule has 3 aromatic heterocycles. The fourth-order valence-corrected chi connectivity index (χ4v) is 2.52. The quantitative estimate of drug-likeness (QED) is 0.527. The topological polar surface area (TPSA) is 65.0 Å². The Kier molecular flexibility index (Phi) is 2.12.